The van der Waals surface area contributed by atoms with E-state index in [1.165, 1.54) is 47.4 Å². The summed E-state index contributed by atoms with van der Waals surface area (Å²) < 4.78 is 13.1. The second-order valence-corrected chi connectivity index (χ2v) is 11.3. The van der Waals surface area contributed by atoms with Crippen LogP contribution in [0.15, 0.2) is 42.5 Å². The summed E-state index contributed by atoms with van der Waals surface area (Å²) in [5, 5.41) is 3.16. The smallest absolute Gasteiger partial charge is 0.220 e. The molecule has 4 heteroatoms. The Morgan fingerprint density at radius 3 is 2.50 bits per heavy atom. The molecule has 3 nitrogen and oxygen atoms in total. The minimum Gasteiger partial charge on any atom is -0.356 e. The summed E-state index contributed by atoms with van der Waals surface area (Å²) in [6, 6.07) is 12.6. The summed E-state index contributed by atoms with van der Waals surface area (Å²) in [7, 11) is 0. The van der Waals surface area contributed by atoms with Crippen LogP contribution in [-0.2, 0) is 16.6 Å². The van der Waals surface area contributed by atoms with E-state index < -0.39 is 0 Å². The van der Waals surface area contributed by atoms with Gasteiger partial charge in [-0.05, 0) is 89.3 Å². The average molecular weight is 464 g/mol. The first-order valence-corrected chi connectivity index (χ1v) is 12.8. The third kappa shape index (κ3) is 4.82. The van der Waals surface area contributed by atoms with Gasteiger partial charge < -0.3 is 5.32 Å². The summed E-state index contributed by atoms with van der Waals surface area (Å²) >= 11 is 0. The van der Waals surface area contributed by atoms with Crippen molar-refractivity contribution in [1.82, 2.24) is 5.32 Å². The molecule has 0 spiro atoms. The van der Waals surface area contributed by atoms with Crippen LogP contribution in [0.25, 0.3) is 0 Å². The Morgan fingerprint density at radius 1 is 1.06 bits per heavy atom. The largest absolute Gasteiger partial charge is 0.356 e. The zero-order valence-corrected chi connectivity index (χ0v) is 21.0. The van der Waals surface area contributed by atoms with Gasteiger partial charge in [0, 0.05) is 24.9 Å². The Labute approximate surface area is 203 Å². The van der Waals surface area contributed by atoms with Gasteiger partial charge in [-0.25, -0.2) is 4.39 Å². The highest BCUT2D eigenvalue weighted by Crippen LogP contribution is 2.57. The zero-order valence-electron chi connectivity index (χ0n) is 21.0. The molecule has 4 rings (SSSR count). The van der Waals surface area contributed by atoms with Gasteiger partial charge in [0.05, 0.1) is 0 Å². The molecule has 0 heterocycles. The van der Waals surface area contributed by atoms with Gasteiger partial charge in [0.25, 0.3) is 0 Å². The van der Waals surface area contributed by atoms with Crippen molar-refractivity contribution in [1.29, 1.82) is 0 Å². The number of fused-ring (bicyclic) bond motifs is 3. The van der Waals surface area contributed by atoms with E-state index in [1.54, 1.807) is 0 Å². The first-order valence-electron chi connectivity index (χ1n) is 12.8. The Morgan fingerprint density at radius 2 is 1.79 bits per heavy atom. The summed E-state index contributed by atoms with van der Waals surface area (Å²) in [4.78, 5) is 25.0. The van der Waals surface area contributed by atoms with Crippen molar-refractivity contribution in [2.45, 2.75) is 84.0 Å². The number of carbonyl (C=O) groups is 2. The molecule has 2 aromatic carbocycles. The molecule has 1 amide bonds. The second-order valence-electron chi connectivity index (χ2n) is 11.3. The third-order valence-electron chi connectivity index (χ3n) is 8.60. The highest BCUT2D eigenvalue weighted by molar-refractivity contribution is 5.97. The highest BCUT2D eigenvalue weighted by atomic mass is 19.1. The van der Waals surface area contributed by atoms with E-state index in [2.05, 4.69) is 51.2 Å². The first kappa shape index (κ1) is 24.6. The van der Waals surface area contributed by atoms with E-state index in [0.717, 1.165) is 25.7 Å². The monoisotopic (exact) mass is 463 g/mol. The quantitative estimate of drug-likeness (QED) is 0.462. The summed E-state index contributed by atoms with van der Waals surface area (Å²) in [6.45, 7) is 9.93. The van der Waals surface area contributed by atoms with Crippen LogP contribution in [0.1, 0.15) is 99.2 Å². The molecule has 0 aliphatic heterocycles. The van der Waals surface area contributed by atoms with Crippen LogP contribution in [0, 0.1) is 17.2 Å². The standard InChI is InChI=1S/C30H38FNO2/c1-20(2)22-8-12-25-23(18-22)9-14-27-29(3,16-5-17-30(25,27)4)19-32-28(34)15-13-26(33)21-6-10-24(31)11-7-21/h6-8,10-12,18,20,27H,5,9,13-17,19H2,1-4H3,(H,32,34). The van der Waals surface area contributed by atoms with Gasteiger partial charge in [0.1, 0.15) is 5.82 Å². The van der Waals surface area contributed by atoms with Crippen molar-refractivity contribution < 1.29 is 14.0 Å². The molecule has 3 atom stereocenters. The van der Waals surface area contributed by atoms with Gasteiger partial charge in [-0.3, -0.25) is 9.59 Å². The molecule has 1 saturated carbocycles. The van der Waals surface area contributed by atoms with Crippen LogP contribution in [0.4, 0.5) is 4.39 Å². The Kier molecular flexibility index (Phi) is 6.98. The van der Waals surface area contributed by atoms with Crippen molar-refractivity contribution in [2.24, 2.45) is 11.3 Å². The Balaban J connectivity index is 1.40. The molecule has 0 saturated heterocycles. The van der Waals surface area contributed by atoms with Crippen molar-refractivity contribution in [3.63, 3.8) is 0 Å². The maximum absolute atomic E-state index is 13.1. The Bertz CT molecular complexity index is 1060. The number of hydrogen-bond donors (Lipinski definition) is 1. The van der Waals surface area contributed by atoms with Gasteiger partial charge in [-0.2, -0.15) is 0 Å². The topological polar surface area (TPSA) is 46.2 Å². The fraction of sp³-hybridized carbons (Fsp3) is 0.533. The van der Waals surface area contributed by atoms with E-state index in [-0.39, 0.29) is 41.2 Å². The predicted octanol–water partition coefficient (Wildman–Crippen LogP) is 6.74. The van der Waals surface area contributed by atoms with Crippen LogP contribution in [0.5, 0.6) is 0 Å². The normalized spacial score (nSPS) is 26.0. The van der Waals surface area contributed by atoms with E-state index in [0.29, 0.717) is 23.9 Å². The third-order valence-corrected chi connectivity index (χ3v) is 8.60. The molecule has 0 radical (unpaired) electrons. The van der Waals surface area contributed by atoms with Gasteiger partial charge in [-0.15, -0.1) is 0 Å². The van der Waals surface area contributed by atoms with E-state index in [9.17, 15) is 14.0 Å². The van der Waals surface area contributed by atoms with E-state index in [1.807, 2.05) is 0 Å². The summed E-state index contributed by atoms with van der Waals surface area (Å²) in [5.41, 5.74) is 5.07. The SMILES string of the molecule is CC(C)c1ccc2c(c1)CCC1C(C)(CNC(=O)CCC(=O)c3ccc(F)cc3)CCCC21C. The number of halogens is 1. The van der Waals surface area contributed by atoms with Crippen LogP contribution in [0.2, 0.25) is 0 Å². The van der Waals surface area contributed by atoms with Gasteiger partial charge in [0.2, 0.25) is 5.91 Å². The molecule has 2 aliphatic rings. The van der Waals surface area contributed by atoms with Crippen molar-refractivity contribution in [3.05, 3.63) is 70.5 Å². The predicted molar refractivity (Wildman–Crippen MR) is 135 cm³/mol. The molecule has 1 N–H and O–H groups in total. The molecular formula is C30H38FNO2. The lowest BCUT2D eigenvalue weighted by molar-refractivity contribution is -0.122. The Hall–Kier alpha value is -2.49. The van der Waals surface area contributed by atoms with Crippen LogP contribution in [0.3, 0.4) is 0 Å². The molecule has 34 heavy (non-hydrogen) atoms. The summed E-state index contributed by atoms with van der Waals surface area (Å²) in [6.07, 6.45) is 6.03. The van der Waals surface area contributed by atoms with Crippen molar-refractivity contribution >= 4 is 11.7 Å². The van der Waals surface area contributed by atoms with E-state index >= 15 is 0 Å². The van der Waals surface area contributed by atoms with E-state index in [4.69, 9.17) is 0 Å². The number of carbonyl (C=O) groups excluding carboxylic acids is 2. The molecular weight excluding hydrogens is 425 g/mol. The van der Waals surface area contributed by atoms with Crippen molar-refractivity contribution in [3.8, 4) is 0 Å². The van der Waals surface area contributed by atoms with Gasteiger partial charge in [-0.1, -0.05) is 52.3 Å². The molecule has 2 aromatic rings. The number of amides is 1. The number of rotatable bonds is 7. The fourth-order valence-electron chi connectivity index (χ4n) is 6.61. The maximum Gasteiger partial charge on any atom is 0.220 e. The molecule has 0 bridgehead atoms. The minimum atomic E-state index is -0.368. The molecule has 0 aromatic heterocycles. The zero-order chi connectivity index (χ0) is 24.5. The first-order chi connectivity index (χ1) is 16.1. The van der Waals surface area contributed by atoms with Crippen LogP contribution in [-0.4, -0.2) is 18.2 Å². The number of aryl methyl sites for hydroxylation is 1. The fourth-order valence-corrected chi connectivity index (χ4v) is 6.61. The lowest BCUT2D eigenvalue weighted by atomic mass is 9.49. The molecule has 3 unspecified atom stereocenters. The van der Waals surface area contributed by atoms with Crippen LogP contribution < -0.4 is 5.32 Å². The van der Waals surface area contributed by atoms with Gasteiger partial charge in [0.15, 0.2) is 5.78 Å². The summed E-state index contributed by atoms with van der Waals surface area (Å²) in [5.74, 6) is 0.482. The number of hydrogen-bond acceptors (Lipinski definition) is 2. The number of Topliss-reactive ketones (excluding diaryl/α,β-unsaturated/α-hetero) is 1. The lowest BCUT2D eigenvalue weighted by Gasteiger charge is -2.55. The number of benzene rings is 2. The maximum atomic E-state index is 13.1. The number of ketones is 1. The van der Waals surface area contributed by atoms with Gasteiger partial charge >= 0.3 is 0 Å². The highest BCUT2D eigenvalue weighted by Gasteiger charge is 2.51. The van der Waals surface area contributed by atoms with Crippen LogP contribution >= 0.6 is 0 Å². The lowest BCUT2D eigenvalue weighted by Crippen LogP contribution is -2.53. The minimum absolute atomic E-state index is 0.0397. The molecule has 182 valence electrons. The number of nitrogens with one attached hydrogen (secondary N) is 1. The average Bonchev–Trinajstić information content (AvgIpc) is 2.81. The molecule has 2 aliphatic carbocycles. The van der Waals surface area contributed by atoms with Crippen molar-refractivity contribution in [2.75, 3.05) is 6.54 Å². The molecule has 1 fully saturated rings. The second kappa shape index (κ2) is 9.64.